The van der Waals surface area contributed by atoms with Gasteiger partial charge in [-0.25, -0.2) is 8.42 Å². The molecule has 0 heterocycles. The first-order chi connectivity index (χ1) is 11.4. The van der Waals surface area contributed by atoms with E-state index in [2.05, 4.69) is 12.6 Å². The van der Waals surface area contributed by atoms with Crippen LogP contribution in [0.15, 0.2) is 61.2 Å². The topological polar surface area (TPSA) is 61.2 Å². The molecule has 0 saturated heterocycles. The Kier molecular flexibility index (Phi) is 5.91. The standard InChI is InChI=1S/C19H20N2O2S/c1-3-10-21(14-18-8-5-7-17(12-18)13-20)24(22,23)15-19-9-4-6-16(2)11-19/h3-9,11-12H,1,10,14-15H2,2H3. The zero-order valence-electron chi connectivity index (χ0n) is 13.6. The van der Waals surface area contributed by atoms with Crippen molar-refractivity contribution in [3.8, 4) is 6.07 Å². The number of aryl methyl sites for hydroxylation is 1. The first-order valence-electron chi connectivity index (χ1n) is 7.58. The molecule has 0 saturated carbocycles. The molecule has 0 fully saturated rings. The second kappa shape index (κ2) is 7.91. The van der Waals surface area contributed by atoms with E-state index in [9.17, 15) is 8.42 Å². The molecule has 0 amide bonds. The maximum Gasteiger partial charge on any atom is 0.218 e. The Morgan fingerprint density at radius 1 is 1.17 bits per heavy atom. The van der Waals surface area contributed by atoms with E-state index in [1.54, 1.807) is 24.3 Å². The third-order valence-corrected chi connectivity index (χ3v) is 5.34. The maximum absolute atomic E-state index is 12.8. The molecule has 0 bridgehead atoms. The van der Waals surface area contributed by atoms with E-state index in [1.165, 1.54) is 4.31 Å². The van der Waals surface area contributed by atoms with Crippen LogP contribution >= 0.6 is 0 Å². The Labute approximate surface area is 143 Å². The summed E-state index contributed by atoms with van der Waals surface area (Å²) >= 11 is 0. The van der Waals surface area contributed by atoms with Crippen molar-refractivity contribution in [2.45, 2.75) is 19.2 Å². The third-order valence-electron chi connectivity index (χ3n) is 3.57. The summed E-state index contributed by atoms with van der Waals surface area (Å²) in [5.41, 5.74) is 3.08. The monoisotopic (exact) mass is 340 g/mol. The minimum Gasteiger partial charge on any atom is -0.212 e. The number of benzene rings is 2. The van der Waals surface area contributed by atoms with E-state index in [4.69, 9.17) is 5.26 Å². The molecule has 0 aromatic heterocycles. The molecule has 2 aromatic rings. The zero-order chi connectivity index (χ0) is 17.6. The molecule has 0 unspecified atom stereocenters. The third kappa shape index (κ3) is 4.79. The first kappa shape index (κ1) is 17.9. The number of rotatable bonds is 7. The van der Waals surface area contributed by atoms with Crippen LogP contribution in [0.25, 0.3) is 0 Å². The smallest absolute Gasteiger partial charge is 0.212 e. The highest BCUT2D eigenvalue weighted by Crippen LogP contribution is 2.16. The van der Waals surface area contributed by atoms with E-state index >= 15 is 0 Å². The van der Waals surface area contributed by atoms with Crippen molar-refractivity contribution in [2.75, 3.05) is 6.54 Å². The van der Waals surface area contributed by atoms with Crippen LogP contribution in [0, 0.1) is 18.3 Å². The fraction of sp³-hybridized carbons (Fsp3) is 0.211. The van der Waals surface area contributed by atoms with Crippen molar-refractivity contribution in [3.05, 3.63) is 83.4 Å². The van der Waals surface area contributed by atoms with Crippen LogP contribution in [-0.2, 0) is 22.3 Å². The molecule has 4 nitrogen and oxygen atoms in total. The normalized spacial score (nSPS) is 11.2. The number of nitrogens with zero attached hydrogens (tertiary/aromatic N) is 2. The van der Waals surface area contributed by atoms with Gasteiger partial charge in [0.2, 0.25) is 10.0 Å². The largest absolute Gasteiger partial charge is 0.218 e. The summed E-state index contributed by atoms with van der Waals surface area (Å²) in [5, 5.41) is 8.98. The van der Waals surface area contributed by atoms with Crippen LogP contribution in [0.2, 0.25) is 0 Å². The molecule has 0 atom stereocenters. The van der Waals surface area contributed by atoms with Gasteiger partial charge in [0.05, 0.1) is 17.4 Å². The van der Waals surface area contributed by atoms with E-state index < -0.39 is 10.0 Å². The van der Waals surface area contributed by atoms with E-state index in [0.717, 1.165) is 16.7 Å². The molecule has 0 aliphatic heterocycles. The molecule has 0 N–H and O–H groups in total. The molecule has 24 heavy (non-hydrogen) atoms. The highest BCUT2D eigenvalue weighted by Gasteiger charge is 2.22. The van der Waals surface area contributed by atoms with Gasteiger partial charge in [0.25, 0.3) is 0 Å². The highest BCUT2D eigenvalue weighted by atomic mass is 32.2. The van der Waals surface area contributed by atoms with Crippen molar-refractivity contribution in [3.63, 3.8) is 0 Å². The van der Waals surface area contributed by atoms with E-state index in [0.29, 0.717) is 5.56 Å². The van der Waals surface area contributed by atoms with Gasteiger partial charge in [-0.15, -0.1) is 6.58 Å². The van der Waals surface area contributed by atoms with Crippen LogP contribution in [0.1, 0.15) is 22.3 Å². The van der Waals surface area contributed by atoms with Gasteiger partial charge in [-0.05, 0) is 30.2 Å². The Bertz CT molecular complexity index is 867. The molecule has 0 spiro atoms. The fourth-order valence-electron chi connectivity index (χ4n) is 2.47. The summed E-state index contributed by atoms with van der Waals surface area (Å²) < 4.78 is 26.9. The molecule has 2 aromatic carbocycles. The number of sulfonamides is 1. The number of nitriles is 1. The summed E-state index contributed by atoms with van der Waals surface area (Å²) in [6.07, 6.45) is 1.57. The van der Waals surface area contributed by atoms with Crippen molar-refractivity contribution in [1.82, 2.24) is 4.31 Å². The lowest BCUT2D eigenvalue weighted by molar-refractivity contribution is 0.437. The highest BCUT2D eigenvalue weighted by molar-refractivity contribution is 7.88. The van der Waals surface area contributed by atoms with Gasteiger partial charge in [0.1, 0.15) is 0 Å². The molecule has 0 aliphatic rings. The van der Waals surface area contributed by atoms with Gasteiger partial charge < -0.3 is 0 Å². The molecule has 0 aliphatic carbocycles. The zero-order valence-corrected chi connectivity index (χ0v) is 14.5. The minimum atomic E-state index is -3.49. The molecule has 0 radical (unpaired) electrons. The Morgan fingerprint density at radius 2 is 1.88 bits per heavy atom. The van der Waals surface area contributed by atoms with Crippen LogP contribution in [0.3, 0.4) is 0 Å². The summed E-state index contributed by atoms with van der Waals surface area (Å²) in [4.78, 5) is 0. The Balaban J connectivity index is 2.24. The predicted octanol–water partition coefficient (Wildman–Crippen LogP) is 3.38. The van der Waals surface area contributed by atoms with Gasteiger partial charge in [0, 0.05) is 13.1 Å². The van der Waals surface area contributed by atoms with E-state index in [-0.39, 0.29) is 18.8 Å². The summed E-state index contributed by atoms with van der Waals surface area (Å²) in [7, 11) is -3.49. The summed E-state index contributed by atoms with van der Waals surface area (Å²) in [6, 6.07) is 16.5. The average Bonchev–Trinajstić information content (AvgIpc) is 2.54. The average molecular weight is 340 g/mol. The van der Waals surface area contributed by atoms with Crippen LogP contribution in [0.5, 0.6) is 0 Å². The van der Waals surface area contributed by atoms with Crippen molar-refractivity contribution < 1.29 is 8.42 Å². The molecule has 2 rings (SSSR count). The SMILES string of the molecule is C=CCN(Cc1cccc(C#N)c1)S(=O)(=O)Cc1cccc(C)c1. The van der Waals surface area contributed by atoms with Crippen molar-refractivity contribution in [1.29, 1.82) is 5.26 Å². The van der Waals surface area contributed by atoms with Crippen LogP contribution in [0.4, 0.5) is 0 Å². The molecular weight excluding hydrogens is 320 g/mol. The summed E-state index contributed by atoms with van der Waals surface area (Å²) in [5.74, 6) is -0.0551. The van der Waals surface area contributed by atoms with Crippen molar-refractivity contribution in [2.24, 2.45) is 0 Å². The minimum absolute atomic E-state index is 0.0551. The molecular formula is C19H20N2O2S. The Morgan fingerprint density at radius 3 is 2.54 bits per heavy atom. The lowest BCUT2D eigenvalue weighted by atomic mass is 10.1. The van der Waals surface area contributed by atoms with Gasteiger partial charge in [-0.3, -0.25) is 0 Å². The lowest BCUT2D eigenvalue weighted by Gasteiger charge is -2.21. The second-order valence-corrected chi connectivity index (χ2v) is 7.61. The second-order valence-electron chi connectivity index (χ2n) is 5.64. The fourth-order valence-corrected chi connectivity index (χ4v) is 3.93. The van der Waals surface area contributed by atoms with Crippen LogP contribution in [-0.4, -0.2) is 19.3 Å². The van der Waals surface area contributed by atoms with Gasteiger partial charge >= 0.3 is 0 Å². The van der Waals surface area contributed by atoms with Crippen molar-refractivity contribution >= 4 is 10.0 Å². The predicted molar refractivity (Wildman–Crippen MR) is 95.6 cm³/mol. The maximum atomic E-state index is 12.8. The first-order valence-corrected chi connectivity index (χ1v) is 9.19. The van der Waals surface area contributed by atoms with Gasteiger partial charge in [-0.2, -0.15) is 9.57 Å². The summed E-state index contributed by atoms with van der Waals surface area (Å²) in [6.45, 7) is 6.03. The van der Waals surface area contributed by atoms with E-state index in [1.807, 2.05) is 37.3 Å². The van der Waals surface area contributed by atoms with Crippen LogP contribution < -0.4 is 0 Å². The Hall–Kier alpha value is -2.42. The molecule has 124 valence electrons. The number of hydrogen-bond donors (Lipinski definition) is 0. The molecule has 5 heteroatoms. The quantitative estimate of drug-likeness (QED) is 0.726. The lowest BCUT2D eigenvalue weighted by Crippen LogP contribution is -2.32. The number of hydrogen-bond acceptors (Lipinski definition) is 3. The van der Waals surface area contributed by atoms with Gasteiger partial charge in [-0.1, -0.05) is 48.0 Å². The van der Waals surface area contributed by atoms with Gasteiger partial charge in [0.15, 0.2) is 0 Å².